The maximum Gasteiger partial charge on any atom is 0.294 e. The van der Waals surface area contributed by atoms with Gasteiger partial charge in [-0.25, -0.2) is 0 Å². The molecular weight excluding hydrogens is 359 g/mol. The maximum absolute atomic E-state index is 11.0. The van der Waals surface area contributed by atoms with Crippen LogP contribution >= 0.6 is 34.8 Å². The minimum Gasteiger partial charge on any atom is -0.384 e. The molecule has 21 heavy (non-hydrogen) atoms. The molecule has 2 aromatic carbocycles. The van der Waals surface area contributed by atoms with Gasteiger partial charge in [-0.1, -0.05) is 46.9 Å². The normalized spacial score (nSPS) is 13.2. The van der Waals surface area contributed by atoms with Gasteiger partial charge < -0.3 is 5.11 Å². The molecule has 0 saturated carbocycles. The highest BCUT2D eigenvalue weighted by Gasteiger charge is 2.18. The van der Waals surface area contributed by atoms with Crippen LogP contribution in [-0.2, 0) is 10.1 Å². The molecule has 1 unspecified atom stereocenters. The number of aliphatic hydroxyl groups excluding tert-OH is 1. The molecule has 8 heteroatoms. The second kappa shape index (κ2) is 6.12. The molecule has 0 fully saturated rings. The van der Waals surface area contributed by atoms with Crippen LogP contribution in [0.4, 0.5) is 0 Å². The van der Waals surface area contributed by atoms with E-state index in [2.05, 4.69) is 0 Å². The molecule has 112 valence electrons. The van der Waals surface area contributed by atoms with E-state index in [-0.39, 0.29) is 14.9 Å². The fraction of sp³-hybridized carbons (Fsp3) is 0.0769. The highest BCUT2D eigenvalue weighted by molar-refractivity contribution is 7.85. The van der Waals surface area contributed by atoms with Crippen LogP contribution < -0.4 is 0 Å². The summed E-state index contributed by atoms with van der Waals surface area (Å²) in [5, 5.41) is 11.0. The summed E-state index contributed by atoms with van der Waals surface area (Å²) in [6, 6.07) is 7.99. The van der Waals surface area contributed by atoms with Crippen molar-refractivity contribution in [3.8, 4) is 0 Å². The summed E-state index contributed by atoms with van der Waals surface area (Å²) in [4.78, 5) is -0.270. The number of rotatable bonds is 3. The Morgan fingerprint density at radius 3 is 2.10 bits per heavy atom. The molecule has 2 aromatic rings. The third kappa shape index (κ3) is 3.69. The quantitative estimate of drug-likeness (QED) is 0.636. The van der Waals surface area contributed by atoms with Crippen molar-refractivity contribution < 1.29 is 18.1 Å². The van der Waals surface area contributed by atoms with Gasteiger partial charge in [0, 0.05) is 10.6 Å². The van der Waals surface area contributed by atoms with Gasteiger partial charge >= 0.3 is 0 Å². The van der Waals surface area contributed by atoms with Crippen LogP contribution in [0.15, 0.2) is 41.3 Å². The van der Waals surface area contributed by atoms with E-state index < -0.39 is 16.2 Å². The molecule has 2 rings (SSSR count). The number of aliphatic hydroxyl groups is 1. The monoisotopic (exact) mass is 366 g/mol. The predicted molar refractivity (Wildman–Crippen MR) is 81.8 cm³/mol. The zero-order chi connectivity index (χ0) is 15.8. The SMILES string of the molecule is O=S(=O)(O)c1ccc(C(O)c2cc(Cl)cc(Cl)c2Cl)cc1. The van der Waals surface area contributed by atoms with Crippen LogP contribution in [-0.4, -0.2) is 18.1 Å². The van der Waals surface area contributed by atoms with Crippen molar-refractivity contribution in [2.24, 2.45) is 0 Å². The summed E-state index contributed by atoms with van der Waals surface area (Å²) in [7, 11) is -4.28. The molecule has 0 heterocycles. The molecule has 0 radical (unpaired) electrons. The average molecular weight is 368 g/mol. The Morgan fingerprint density at radius 1 is 1.00 bits per heavy atom. The van der Waals surface area contributed by atoms with Crippen molar-refractivity contribution in [1.29, 1.82) is 0 Å². The van der Waals surface area contributed by atoms with Gasteiger partial charge in [0.1, 0.15) is 6.10 Å². The van der Waals surface area contributed by atoms with Gasteiger partial charge in [-0.05, 0) is 29.8 Å². The molecule has 0 bridgehead atoms. The lowest BCUT2D eigenvalue weighted by molar-refractivity contribution is 0.220. The van der Waals surface area contributed by atoms with Crippen LogP contribution in [0.25, 0.3) is 0 Å². The molecule has 0 aliphatic heterocycles. The zero-order valence-electron chi connectivity index (χ0n) is 10.3. The minimum absolute atomic E-state index is 0.160. The highest BCUT2D eigenvalue weighted by Crippen LogP contribution is 2.36. The zero-order valence-corrected chi connectivity index (χ0v) is 13.4. The Kier molecular flexibility index (Phi) is 4.82. The Hall–Kier alpha value is -0.820. The Morgan fingerprint density at radius 2 is 1.57 bits per heavy atom. The molecule has 0 aliphatic carbocycles. The molecule has 0 aromatic heterocycles. The van der Waals surface area contributed by atoms with Gasteiger partial charge in [-0.3, -0.25) is 4.55 Å². The minimum atomic E-state index is -4.28. The number of halogens is 3. The van der Waals surface area contributed by atoms with Crippen LogP contribution in [0.2, 0.25) is 15.1 Å². The van der Waals surface area contributed by atoms with Gasteiger partial charge in [0.15, 0.2) is 0 Å². The lowest BCUT2D eigenvalue weighted by Gasteiger charge is -2.15. The molecule has 2 N–H and O–H groups in total. The lowest BCUT2D eigenvalue weighted by atomic mass is 10.0. The topological polar surface area (TPSA) is 74.6 Å². The molecule has 1 atom stereocenters. The summed E-state index contributed by atoms with van der Waals surface area (Å²) in [5.41, 5.74) is 0.677. The van der Waals surface area contributed by atoms with E-state index in [0.29, 0.717) is 16.1 Å². The second-order valence-electron chi connectivity index (χ2n) is 4.24. The standard InChI is InChI=1S/C13H9Cl3O4S/c14-8-5-10(12(16)11(15)6-8)13(17)7-1-3-9(4-2-7)21(18,19)20/h1-6,13,17H,(H,18,19,20). The molecule has 0 aliphatic rings. The fourth-order valence-corrected chi connectivity index (χ4v) is 2.98. The molecule has 0 spiro atoms. The van der Waals surface area contributed by atoms with Crippen LogP contribution in [0.1, 0.15) is 17.2 Å². The van der Waals surface area contributed by atoms with E-state index in [9.17, 15) is 13.5 Å². The van der Waals surface area contributed by atoms with E-state index >= 15 is 0 Å². The largest absolute Gasteiger partial charge is 0.384 e. The van der Waals surface area contributed by atoms with Crippen molar-refractivity contribution in [2.45, 2.75) is 11.0 Å². The highest BCUT2D eigenvalue weighted by atomic mass is 35.5. The Labute approximate surface area is 136 Å². The van der Waals surface area contributed by atoms with Gasteiger partial charge in [-0.2, -0.15) is 8.42 Å². The van der Waals surface area contributed by atoms with Crippen molar-refractivity contribution in [3.05, 3.63) is 62.6 Å². The summed E-state index contributed by atoms with van der Waals surface area (Å²) in [6.07, 6.45) is -1.14. The summed E-state index contributed by atoms with van der Waals surface area (Å²) < 4.78 is 30.8. The first kappa shape index (κ1) is 16.5. The van der Waals surface area contributed by atoms with Gasteiger partial charge in [-0.15, -0.1) is 0 Å². The first-order chi connectivity index (χ1) is 9.70. The van der Waals surface area contributed by atoms with Crippen LogP contribution in [0, 0.1) is 0 Å². The fourth-order valence-electron chi connectivity index (χ4n) is 1.78. The molecule has 0 saturated heterocycles. The number of benzene rings is 2. The smallest absolute Gasteiger partial charge is 0.294 e. The van der Waals surface area contributed by atoms with Crippen molar-refractivity contribution in [3.63, 3.8) is 0 Å². The maximum atomic E-state index is 11.0. The number of hydrogen-bond donors (Lipinski definition) is 2. The second-order valence-corrected chi connectivity index (χ2v) is 6.88. The third-order valence-corrected chi connectivity index (χ3v) is 4.71. The van der Waals surface area contributed by atoms with Crippen molar-refractivity contribution in [2.75, 3.05) is 0 Å². The Bertz CT molecular complexity index is 773. The predicted octanol–water partition coefficient (Wildman–Crippen LogP) is 3.98. The number of hydrogen-bond acceptors (Lipinski definition) is 3. The average Bonchev–Trinajstić information content (AvgIpc) is 2.41. The van der Waals surface area contributed by atoms with Gasteiger partial charge in [0.05, 0.1) is 14.9 Å². The van der Waals surface area contributed by atoms with Crippen molar-refractivity contribution in [1.82, 2.24) is 0 Å². The van der Waals surface area contributed by atoms with E-state index in [4.69, 9.17) is 39.4 Å². The summed E-state index contributed by atoms with van der Waals surface area (Å²) in [5.74, 6) is 0. The van der Waals surface area contributed by atoms with E-state index in [0.717, 1.165) is 0 Å². The first-order valence-corrected chi connectivity index (χ1v) is 8.17. The molecule has 0 amide bonds. The first-order valence-electron chi connectivity index (χ1n) is 5.60. The Balaban J connectivity index is 2.43. The summed E-state index contributed by atoms with van der Waals surface area (Å²) in [6.45, 7) is 0. The van der Waals surface area contributed by atoms with E-state index in [1.165, 1.54) is 36.4 Å². The lowest BCUT2D eigenvalue weighted by Crippen LogP contribution is -2.03. The third-order valence-electron chi connectivity index (χ3n) is 2.81. The van der Waals surface area contributed by atoms with Crippen molar-refractivity contribution >= 4 is 44.9 Å². The van der Waals surface area contributed by atoms with E-state index in [1.807, 2.05) is 0 Å². The van der Waals surface area contributed by atoms with Gasteiger partial charge in [0.2, 0.25) is 0 Å². The summed E-state index contributed by atoms with van der Waals surface area (Å²) >= 11 is 17.8. The van der Waals surface area contributed by atoms with Crippen LogP contribution in [0.3, 0.4) is 0 Å². The van der Waals surface area contributed by atoms with Gasteiger partial charge in [0.25, 0.3) is 10.1 Å². The molecule has 4 nitrogen and oxygen atoms in total. The van der Waals surface area contributed by atoms with Crippen LogP contribution in [0.5, 0.6) is 0 Å². The van der Waals surface area contributed by atoms with E-state index in [1.54, 1.807) is 0 Å². The molecular formula is C13H9Cl3O4S.